The van der Waals surface area contributed by atoms with Gasteiger partial charge in [0.2, 0.25) is 0 Å². The fourth-order valence-corrected chi connectivity index (χ4v) is 5.54. The van der Waals surface area contributed by atoms with Crippen molar-refractivity contribution in [3.8, 4) is 0 Å². The van der Waals surface area contributed by atoms with Gasteiger partial charge < -0.3 is 29.7 Å². The van der Waals surface area contributed by atoms with E-state index in [1.165, 1.54) is 83.5 Å². The number of hydrogen-bond acceptors (Lipinski definition) is 7. The molecule has 0 aromatic carbocycles. The quantitative estimate of drug-likeness (QED) is 0.0187. The number of aliphatic carboxylic acids is 1. The fourth-order valence-electron chi connectivity index (χ4n) is 5.54. The largest absolute Gasteiger partial charge is 0.483 e. The Morgan fingerprint density at radius 1 is 0.600 bits per heavy atom. The molecule has 0 radical (unpaired) electrons. The molecule has 0 aliphatic carbocycles. The summed E-state index contributed by atoms with van der Waals surface area (Å²) in [6, 6.07) is 0. The van der Waals surface area contributed by atoms with Gasteiger partial charge >= 0.3 is 18.4 Å². The lowest BCUT2D eigenvalue weighted by molar-refractivity contribution is -0.271. The fraction of sp³-hybridized carbons (Fsp3) is 0.761. The second kappa shape index (κ2) is 49.3. The van der Waals surface area contributed by atoms with Gasteiger partial charge in [-0.25, -0.2) is 0 Å². The van der Waals surface area contributed by atoms with Crippen LogP contribution in [0.2, 0.25) is 0 Å². The van der Waals surface area contributed by atoms with Crippen molar-refractivity contribution in [2.45, 2.75) is 207 Å². The summed E-state index contributed by atoms with van der Waals surface area (Å²) in [4.78, 5) is 32.7. The number of rotatable bonds is 36. The van der Waals surface area contributed by atoms with Crippen LogP contribution in [-0.2, 0) is 23.9 Å². The van der Waals surface area contributed by atoms with Crippen LogP contribution >= 0.6 is 0 Å². The highest BCUT2D eigenvalue weighted by Gasteiger charge is 2.16. The Kier molecular flexibility index (Phi) is 50.7. The first-order chi connectivity index (χ1) is 26.7. The van der Waals surface area contributed by atoms with Crippen molar-refractivity contribution in [2.24, 2.45) is 0 Å². The maximum absolute atomic E-state index is 11.9. The summed E-state index contributed by atoms with van der Waals surface area (Å²) in [5.74, 6) is -1.05. The van der Waals surface area contributed by atoms with Gasteiger partial charge in [-0.15, -0.1) is 0 Å². The van der Waals surface area contributed by atoms with E-state index < -0.39 is 12.4 Å². The lowest BCUT2D eigenvalue weighted by Crippen LogP contribution is -2.27. The number of ether oxygens (including phenoxy) is 2. The Bertz CT molecular complexity index is 931. The monoisotopic (exact) mass is 780 g/mol. The van der Waals surface area contributed by atoms with E-state index in [1.807, 2.05) is 21.0 Å². The molecule has 2 atom stereocenters. The van der Waals surface area contributed by atoms with Crippen LogP contribution in [0.1, 0.15) is 194 Å². The van der Waals surface area contributed by atoms with E-state index in [9.17, 15) is 14.7 Å². The summed E-state index contributed by atoms with van der Waals surface area (Å²) in [7, 11) is 4.07. The summed E-state index contributed by atoms with van der Waals surface area (Å²) in [6.07, 6.45) is 46.8. The van der Waals surface area contributed by atoms with Crippen LogP contribution in [0, 0.1) is 0 Å². The Hall–Kier alpha value is -2.75. The molecule has 0 bridgehead atoms. The Balaban J connectivity index is -0.00000100. The third-order valence-electron chi connectivity index (χ3n) is 8.80. The van der Waals surface area contributed by atoms with Crippen molar-refractivity contribution in [3.63, 3.8) is 0 Å². The zero-order valence-electron chi connectivity index (χ0n) is 36.0. The Morgan fingerprint density at radius 2 is 1.00 bits per heavy atom. The third kappa shape index (κ3) is 55.7. The molecular formula is C46H85NO8. The van der Waals surface area contributed by atoms with E-state index in [4.69, 9.17) is 24.5 Å². The summed E-state index contributed by atoms with van der Waals surface area (Å²) in [5.41, 5.74) is 0. The van der Waals surface area contributed by atoms with E-state index in [0.29, 0.717) is 12.8 Å². The first-order valence-electron chi connectivity index (χ1n) is 21.8. The number of nitrogens with zero attached hydrogens (tertiary/aromatic N) is 1. The van der Waals surface area contributed by atoms with Gasteiger partial charge in [-0.1, -0.05) is 134 Å². The van der Waals surface area contributed by atoms with E-state index in [0.717, 1.165) is 83.6 Å². The molecule has 322 valence electrons. The minimum atomic E-state index is -1.45. The van der Waals surface area contributed by atoms with Crippen molar-refractivity contribution in [1.82, 2.24) is 4.90 Å². The highest BCUT2D eigenvalue weighted by atomic mass is 16.8. The minimum Gasteiger partial charge on any atom is -0.483 e. The molecule has 0 aliphatic rings. The number of unbranched alkanes of at least 4 members (excludes halogenated alkanes) is 16. The van der Waals surface area contributed by atoms with Crippen molar-refractivity contribution in [1.29, 1.82) is 0 Å². The molecule has 9 nitrogen and oxygen atoms in total. The zero-order valence-corrected chi connectivity index (χ0v) is 36.0. The number of carbonyl (C=O) groups is 3. The van der Waals surface area contributed by atoms with Gasteiger partial charge in [0.25, 0.3) is 6.47 Å². The number of carbonyl (C=O) groups excluding carboxylic acids is 1. The molecule has 0 aliphatic heterocycles. The van der Waals surface area contributed by atoms with Crippen LogP contribution in [-0.4, -0.2) is 71.9 Å². The predicted octanol–water partition coefficient (Wildman–Crippen LogP) is 12.3. The van der Waals surface area contributed by atoms with E-state index in [-0.39, 0.29) is 18.5 Å². The molecule has 9 heteroatoms. The summed E-state index contributed by atoms with van der Waals surface area (Å²) in [5, 5.41) is 25.3. The maximum atomic E-state index is 11.9. The normalized spacial score (nSPS) is 12.6. The van der Waals surface area contributed by atoms with Crippen LogP contribution in [0.15, 0.2) is 48.6 Å². The number of aliphatic hydroxyl groups excluding tert-OH is 1. The molecule has 0 aromatic heterocycles. The van der Waals surface area contributed by atoms with Crippen LogP contribution in [0.5, 0.6) is 0 Å². The summed E-state index contributed by atoms with van der Waals surface area (Å²) >= 11 is 0. The summed E-state index contributed by atoms with van der Waals surface area (Å²) < 4.78 is 10.5. The number of carboxylic acid groups (broad SMARTS) is 2. The van der Waals surface area contributed by atoms with Crippen LogP contribution in [0.25, 0.3) is 0 Å². The molecule has 3 N–H and O–H groups in total. The zero-order chi connectivity index (χ0) is 41.5. The molecule has 1 unspecified atom stereocenters. The third-order valence-corrected chi connectivity index (χ3v) is 8.80. The van der Waals surface area contributed by atoms with E-state index in [2.05, 4.69) is 67.4 Å². The molecule has 0 amide bonds. The van der Waals surface area contributed by atoms with Crippen molar-refractivity contribution in [3.05, 3.63) is 48.6 Å². The molecule has 0 heterocycles. The predicted molar refractivity (Wildman–Crippen MR) is 230 cm³/mol. The van der Waals surface area contributed by atoms with Gasteiger partial charge in [-0.2, -0.15) is 0 Å². The van der Waals surface area contributed by atoms with Gasteiger partial charge in [0.05, 0.1) is 6.10 Å². The SMILES string of the molecule is CCCCC/C=C\C/C=C\CCCCCCCC(=O)O.CCCCC/C=C\C/C=C\CCCCCCCC(=O)O[C@H](O)OC(CC)CCCN(C)C.O=CO. The first kappa shape index (κ1) is 56.6. The molecule has 0 saturated carbocycles. The highest BCUT2D eigenvalue weighted by molar-refractivity contribution is 5.69. The lowest BCUT2D eigenvalue weighted by Gasteiger charge is -2.21. The minimum absolute atomic E-state index is 0.0892. The number of carboxylic acids is 1. The molecule has 0 aromatic rings. The molecular weight excluding hydrogens is 695 g/mol. The van der Waals surface area contributed by atoms with Gasteiger partial charge in [-0.3, -0.25) is 14.4 Å². The molecule has 0 rings (SSSR count). The van der Waals surface area contributed by atoms with Crippen LogP contribution in [0.4, 0.5) is 0 Å². The first-order valence-corrected chi connectivity index (χ1v) is 21.8. The lowest BCUT2D eigenvalue weighted by atomic mass is 10.1. The van der Waals surface area contributed by atoms with Crippen LogP contribution in [0.3, 0.4) is 0 Å². The molecule has 55 heavy (non-hydrogen) atoms. The smallest absolute Gasteiger partial charge is 0.316 e. The molecule has 0 saturated heterocycles. The van der Waals surface area contributed by atoms with Gasteiger partial charge in [0, 0.05) is 12.8 Å². The number of esters is 1. The van der Waals surface area contributed by atoms with E-state index in [1.54, 1.807) is 0 Å². The van der Waals surface area contributed by atoms with Crippen LogP contribution < -0.4 is 0 Å². The topological polar surface area (TPSA) is 134 Å². The van der Waals surface area contributed by atoms with Crippen molar-refractivity contribution >= 4 is 18.4 Å². The number of hydrogen-bond donors (Lipinski definition) is 3. The standard InChI is InChI=1S/C27H51NO4.C18H32O2.CH2O2/c1-5-7-8-9-10-11-12-13-14-15-16-17-18-19-20-23-26(29)32-27(30)31-25(6-2)22-21-24-28(3)4;1-2-3-4-5-6-7-8-9-10-11-12-13-14-15-16-17-18(19)20;2-1-3/h10-11,13-14,25,27,30H,5-9,12,15-24H2,1-4H3;6-7,9-10H,2-5,8,11-17H2,1H3,(H,19,20);1H,(H,2,3)/b11-10-,14-13-;7-6-,10-9-;/t25?,27-;;/m1../s1. The molecule has 0 spiro atoms. The van der Waals surface area contributed by atoms with Gasteiger partial charge in [-0.05, 0) is 117 Å². The van der Waals surface area contributed by atoms with Gasteiger partial charge in [0.15, 0.2) is 0 Å². The average Bonchev–Trinajstić information content (AvgIpc) is 3.14. The maximum Gasteiger partial charge on any atom is 0.316 e. The highest BCUT2D eigenvalue weighted by Crippen LogP contribution is 2.13. The Morgan fingerprint density at radius 3 is 1.40 bits per heavy atom. The van der Waals surface area contributed by atoms with Crippen molar-refractivity contribution in [2.75, 3.05) is 20.6 Å². The van der Waals surface area contributed by atoms with Crippen molar-refractivity contribution < 1.29 is 39.2 Å². The van der Waals surface area contributed by atoms with Gasteiger partial charge in [0.1, 0.15) is 0 Å². The number of aliphatic hydroxyl groups is 1. The van der Waals surface area contributed by atoms with E-state index >= 15 is 0 Å². The Labute approximate surface area is 337 Å². The number of allylic oxidation sites excluding steroid dienone is 8. The summed E-state index contributed by atoms with van der Waals surface area (Å²) in [6.45, 7) is 5.75. The average molecular weight is 780 g/mol. The second-order valence-corrected chi connectivity index (χ2v) is 14.4. The second-order valence-electron chi connectivity index (χ2n) is 14.4. The molecule has 0 fully saturated rings.